The van der Waals surface area contributed by atoms with Gasteiger partial charge in [0.15, 0.2) is 0 Å². The first-order valence-corrected chi connectivity index (χ1v) is 12.5. The van der Waals surface area contributed by atoms with Crippen LogP contribution in [0, 0.1) is 11.7 Å². The average molecular weight is 465 g/mol. The monoisotopic (exact) mass is 464 g/mol. The zero-order valence-electron chi connectivity index (χ0n) is 19.6. The van der Waals surface area contributed by atoms with Crippen LogP contribution in [0.5, 0.6) is 0 Å². The highest BCUT2D eigenvalue weighted by molar-refractivity contribution is 5.89. The van der Waals surface area contributed by atoms with Crippen molar-refractivity contribution in [2.75, 3.05) is 38.0 Å². The molecule has 2 aliphatic heterocycles. The van der Waals surface area contributed by atoms with E-state index < -0.39 is 0 Å². The quantitative estimate of drug-likeness (QED) is 0.741. The van der Waals surface area contributed by atoms with Crippen LogP contribution in [0.4, 0.5) is 14.9 Å². The van der Waals surface area contributed by atoms with Gasteiger partial charge in [0.1, 0.15) is 5.82 Å². The van der Waals surface area contributed by atoms with Gasteiger partial charge < -0.3 is 15.1 Å². The molecule has 2 fully saturated rings. The minimum Gasteiger partial charge on any atom is -0.337 e. The predicted octanol–water partition coefficient (Wildman–Crippen LogP) is 4.12. The van der Waals surface area contributed by atoms with Crippen molar-refractivity contribution in [2.24, 2.45) is 5.92 Å². The number of rotatable bonds is 4. The average Bonchev–Trinajstić information content (AvgIpc) is 3.38. The van der Waals surface area contributed by atoms with Crippen LogP contribution >= 0.6 is 0 Å². The first kappa shape index (κ1) is 22.8. The molecule has 0 aromatic heterocycles. The lowest BCUT2D eigenvalue weighted by atomic mass is 9.92. The third-order valence-corrected chi connectivity index (χ3v) is 7.61. The number of urea groups is 1. The summed E-state index contributed by atoms with van der Waals surface area (Å²) in [7, 11) is 0. The second-order valence-corrected chi connectivity index (χ2v) is 9.73. The number of halogens is 1. The molecule has 2 heterocycles. The molecule has 1 N–H and O–H groups in total. The topological polar surface area (TPSA) is 55.9 Å². The SMILES string of the molecule is O=C(Nc1cccc(F)c1)N1CCN(C(C(=O)N2CCc3ccccc3C2)C2CCCC2)CC1. The van der Waals surface area contributed by atoms with E-state index in [0.717, 1.165) is 25.8 Å². The van der Waals surface area contributed by atoms with Gasteiger partial charge in [0.2, 0.25) is 5.91 Å². The standard InChI is InChI=1S/C27H33FN4O2/c28-23-10-5-11-24(18-23)29-27(34)31-16-14-30(15-17-31)25(21-7-2-3-8-21)26(33)32-13-12-20-6-1-4-9-22(20)19-32/h1,4-6,9-11,18,21,25H,2-3,7-8,12-17,19H2,(H,29,34). The van der Waals surface area contributed by atoms with Gasteiger partial charge in [-0.2, -0.15) is 0 Å². The van der Waals surface area contributed by atoms with Gasteiger partial charge in [-0.25, -0.2) is 9.18 Å². The van der Waals surface area contributed by atoms with Crippen LogP contribution in [0.1, 0.15) is 36.8 Å². The fourth-order valence-electron chi connectivity index (χ4n) is 5.77. The van der Waals surface area contributed by atoms with E-state index in [2.05, 4.69) is 34.5 Å². The van der Waals surface area contributed by atoms with Gasteiger partial charge in [-0.3, -0.25) is 9.69 Å². The Morgan fingerprint density at radius 1 is 0.882 bits per heavy atom. The summed E-state index contributed by atoms with van der Waals surface area (Å²) in [6, 6.07) is 14.0. The van der Waals surface area contributed by atoms with Crippen LogP contribution in [0.2, 0.25) is 0 Å². The Bertz CT molecular complexity index is 1030. The van der Waals surface area contributed by atoms with Gasteiger partial charge in [0.05, 0.1) is 6.04 Å². The highest BCUT2D eigenvalue weighted by Gasteiger charge is 2.39. The molecule has 0 bridgehead atoms. The number of piperazine rings is 1. The molecular formula is C27H33FN4O2. The van der Waals surface area contributed by atoms with E-state index in [0.29, 0.717) is 44.3 Å². The summed E-state index contributed by atoms with van der Waals surface area (Å²) in [6.45, 7) is 3.92. The predicted molar refractivity (Wildman–Crippen MR) is 130 cm³/mol. The molecule has 3 aliphatic rings. The fourth-order valence-corrected chi connectivity index (χ4v) is 5.77. The Morgan fingerprint density at radius 3 is 2.35 bits per heavy atom. The zero-order valence-corrected chi connectivity index (χ0v) is 19.6. The van der Waals surface area contributed by atoms with Crippen molar-refractivity contribution in [3.63, 3.8) is 0 Å². The molecule has 1 saturated carbocycles. The third kappa shape index (κ3) is 4.94. The van der Waals surface area contributed by atoms with Crippen LogP contribution in [-0.4, -0.2) is 65.4 Å². The Kier molecular flexibility index (Phi) is 6.81. The molecule has 7 heteroatoms. The number of amides is 3. The fraction of sp³-hybridized carbons (Fsp3) is 0.481. The molecule has 180 valence electrons. The summed E-state index contributed by atoms with van der Waals surface area (Å²) >= 11 is 0. The molecule has 5 rings (SSSR count). The zero-order chi connectivity index (χ0) is 23.5. The summed E-state index contributed by atoms with van der Waals surface area (Å²) in [5.41, 5.74) is 3.06. The van der Waals surface area contributed by atoms with Gasteiger partial charge >= 0.3 is 6.03 Å². The summed E-state index contributed by atoms with van der Waals surface area (Å²) < 4.78 is 13.5. The maximum Gasteiger partial charge on any atom is 0.321 e. The smallest absolute Gasteiger partial charge is 0.321 e. The molecular weight excluding hydrogens is 431 g/mol. The van der Waals surface area contributed by atoms with Gasteiger partial charge in [0, 0.05) is 45.0 Å². The number of nitrogens with zero attached hydrogens (tertiary/aromatic N) is 3. The summed E-state index contributed by atoms with van der Waals surface area (Å²) in [5, 5.41) is 2.79. The maximum atomic E-state index is 13.8. The molecule has 0 spiro atoms. The van der Waals surface area contributed by atoms with Crippen LogP contribution < -0.4 is 5.32 Å². The molecule has 2 aromatic rings. The van der Waals surface area contributed by atoms with Gasteiger partial charge in [0.25, 0.3) is 0 Å². The van der Waals surface area contributed by atoms with Crippen molar-refractivity contribution < 1.29 is 14.0 Å². The van der Waals surface area contributed by atoms with Crippen LogP contribution in [-0.2, 0) is 17.8 Å². The molecule has 2 aromatic carbocycles. The summed E-state index contributed by atoms with van der Waals surface area (Å²) in [6.07, 6.45) is 5.48. The Morgan fingerprint density at radius 2 is 1.62 bits per heavy atom. The Balaban J connectivity index is 1.24. The lowest BCUT2D eigenvalue weighted by molar-refractivity contribution is -0.141. The number of carbonyl (C=O) groups excluding carboxylic acids is 2. The first-order chi connectivity index (χ1) is 16.6. The largest absolute Gasteiger partial charge is 0.337 e. The number of fused-ring (bicyclic) bond motifs is 1. The van der Waals surface area contributed by atoms with E-state index in [9.17, 15) is 14.0 Å². The van der Waals surface area contributed by atoms with Crippen molar-refractivity contribution in [1.29, 1.82) is 0 Å². The molecule has 34 heavy (non-hydrogen) atoms. The van der Waals surface area contributed by atoms with Crippen molar-refractivity contribution in [3.05, 3.63) is 65.5 Å². The number of nitrogens with one attached hydrogen (secondary N) is 1. The van der Waals surface area contributed by atoms with E-state index in [-0.39, 0.29) is 23.8 Å². The van der Waals surface area contributed by atoms with E-state index in [1.807, 2.05) is 4.90 Å². The molecule has 1 aliphatic carbocycles. The van der Waals surface area contributed by atoms with Crippen molar-refractivity contribution in [3.8, 4) is 0 Å². The van der Waals surface area contributed by atoms with E-state index in [4.69, 9.17) is 0 Å². The number of carbonyl (C=O) groups is 2. The molecule has 3 amide bonds. The maximum absolute atomic E-state index is 13.8. The van der Waals surface area contributed by atoms with E-state index in [1.54, 1.807) is 17.0 Å². The Hall–Kier alpha value is -2.93. The third-order valence-electron chi connectivity index (χ3n) is 7.61. The first-order valence-electron chi connectivity index (χ1n) is 12.5. The van der Waals surface area contributed by atoms with Crippen molar-refractivity contribution >= 4 is 17.6 Å². The van der Waals surface area contributed by atoms with Crippen molar-refractivity contribution in [1.82, 2.24) is 14.7 Å². The molecule has 0 radical (unpaired) electrons. The van der Waals surface area contributed by atoms with Gasteiger partial charge in [-0.1, -0.05) is 43.2 Å². The molecule has 1 atom stereocenters. The van der Waals surface area contributed by atoms with E-state index >= 15 is 0 Å². The van der Waals surface area contributed by atoms with E-state index in [1.165, 1.54) is 36.1 Å². The highest BCUT2D eigenvalue weighted by atomic mass is 19.1. The Labute approximate surface area is 200 Å². The number of hydrogen-bond acceptors (Lipinski definition) is 3. The normalized spacial score (nSPS) is 20.1. The van der Waals surface area contributed by atoms with Crippen LogP contribution in [0.3, 0.4) is 0 Å². The second kappa shape index (κ2) is 10.1. The minimum atomic E-state index is -0.374. The molecule has 1 unspecified atom stereocenters. The second-order valence-electron chi connectivity index (χ2n) is 9.73. The summed E-state index contributed by atoms with van der Waals surface area (Å²) in [5.74, 6) is 0.261. The van der Waals surface area contributed by atoms with Crippen molar-refractivity contribution in [2.45, 2.75) is 44.7 Å². The molecule has 1 saturated heterocycles. The molecule has 6 nitrogen and oxygen atoms in total. The van der Waals surface area contributed by atoms with Crippen LogP contribution in [0.15, 0.2) is 48.5 Å². The number of benzene rings is 2. The van der Waals surface area contributed by atoms with Gasteiger partial charge in [-0.15, -0.1) is 0 Å². The summed E-state index contributed by atoms with van der Waals surface area (Å²) in [4.78, 5) is 32.7. The highest BCUT2D eigenvalue weighted by Crippen LogP contribution is 2.33. The lowest BCUT2D eigenvalue weighted by Gasteiger charge is -2.43. The van der Waals surface area contributed by atoms with Gasteiger partial charge in [-0.05, 0) is 54.5 Å². The minimum absolute atomic E-state index is 0.110. The number of anilines is 1. The van der Waals surface area contributed by atoms with Crippen LogP contribution in [0.25, 0.3) is 0 Å². The lowest BCUT2D eigenvalue weighted by Crippen LogP contribution is -2.59. The number of hydrogen-bond donors (Lipinski definition) is 1.